The largest absolute Gasteiger partial charge is 0.505 e. The third-order valence-electron chi connectivity index (χ3n) is 4.73. The van der Waals surface area contributed by atoms with E-state index in [-0.39, 0.29) is 34.6 Å². The molecule has 9 nitrogen and oxygen atoms in total. The zero-order chi connectivity index (χ0) is 23.6. The van der Waals surface area contributed by atoms with Crippen molar-refractivity contribution in [3.63, 3.8) is 0 Å². The van der Waals surface area contributed by atoms with Crippen molar-refractivity contribution in [2.24, 2.45) is 14.7 Å². The maximum atomic E-state index is 13.7. The standard InChI is InChI=1S/C21H24FN5O4S/c1-12(2)17(13-7-5-8-14(22)11-13)24-20-19(25-32(30,31)26-20)23-16-10-6-9-15(18(16)28)21(29)27(3)4/h5-12,17,28H,1-4H3,(H,23,25)(H,24,26)/t17-/m1/s1. The highest BCUT2D eigenvalue weighted by Crippen LogP contribution is 2.29. The summed E-state index contributed by atoms with van der Waals surface area (Å²) in [6.07, 6.45) is 0. The number of nitrogens with one attached hydrogen (secondary N) is 2. The monoisotopic (exact) mass is 461 g/mol. The molecule has 1 atom stereocenters. The van der Waals surface area contributed by atoms with Crippen LogP contribution in [0.15, 0.2) is 51.3 Å². The Balaban J connectivity index is 1.93. The number of para-hydroxylation sites is 1. The van der Waals surface area contributed by atoms with Gasteiger partial charge in [0, 0.05) is 14.1 Å². The van der Waals surface area contributed by atoms with Gasteiger partial charge in [0.1, 0.15) is 5.82 Å². The zero-order valence-corrected chi connectivity index (χ0v) is 18.8. The number of amidine groups is 2. The first kappa shape index (κ1) is 23.2. The highest BCUT2D eigenvalue weighted by atomic mass is 32.2. The molecule has 1 heterocycles. The van der Waals surface area contributed by atoms with E-state index in [2.05, 4.69) is 19.4 Å². The molecule has 0 saturated carbocycles. The molecule has 11 heteroatoms. The third kappa shape index (κ3) is 5.05. The third-order valence-corrected chi connectivity index (χ3v) is 5.56. The smallest absolute Gasteiger partial charge is 0.367 e. The van der Waals surface area contributed by atoms with E-state index < -0.39 is 28.0 Å². The quantitative estimate of drug-likeness (QED) is 0.589. The second-order valence-corrected chi connectivity index (χ2v) is 9.04. The van der Waals surface area contributed by atoms with Crippen molar-refractivity contribution in [2.45, 2.75) is 19.9 Å². The van der Waals surface area contributed by atoms with Crippen molar-refractivity contribution >= 4 is 33.5 Å². The number of anilines is 1. The average Bonchev–Trinajstić information content (AvgIpc) is 2.99. The number of aromatic hydroxyl groups is 1. The number of carbonyl (C=O) groups is 1. The Morgan fingerprint density at radius 1 is 1.09 bits per heavy atom. The van der Waals surface area contributed by atoms with Crippen molar-refractivity contribution in [1.29, 1.82) is 0 Å². The Hall–Kier alpha value is -3.47. The van der Waals surface area contributed by atoms with Gasteiger partial charge in [-0.3, -0.25) is 4.79 Å². The first-order valence-corrected chi connectivity index (χ1v) is 11.2. The summed E-state index contributed by atoms with van der Waals surface area (Å²) in [6, 6.07) is 9.94. The molecule has 2 aromatic carbocycles. The first-order valence-electron chi connectivity index (χ1n) is 9.76. The number of amides is 1. The van der Waals surface area contributed by atoms with Crippen LogP contribution in [-0.2, 0) is 10.2 Å². The number of benzene rings is 2. The summed E-state index contributed by atoms with van der Waals surface area (Å²) in [6.45, 7) is 3.78. The van der Waals surface area contributed by atoms with E-state index in [1.165, 1.54) is 35.2 Å². The lowest BCUT2D eigenvalue weighted by Crippen LogP contribution is -2.38. The minimum absolute atomic E-state index is 0.0349. The molecular weight excluding hydrogens is 437 g/mol. The number of hydrogen-bond donors (Lipinski definition) is 3. The van der Waals surface area contributed by atoms with Crippen LogP contribution in [0.1, 0.15) is 35.8 Å². The van der Waals surface area contributed by atoms with Crippen LogP contribution in [0, 0.1) is 11.7 Å². The maximum Gasteiger partial charge on any atom is 0.367 e. The normalized spacial score (nSPS) is 15.7. The molecule has 0 aromatic heterocycles. The lowest BCUT2D eigenvalue weighted by atomic mass is 9.96. The molecule has 3 N–H and O–H groups in total. The molecule has 170 valence electrons. The minimum atomic E-state index is -4.16. The number of phenolic OH excluding ortho intramolecular Hbond substituents is 1. The fourth-order valence-corrected chi connectivity index (χ4v) is 3.96. The molecule has 3 rings (SSSR count). The summed E-state index contributed by atoms with van der Waals surface area (Å²) in [4.78, 5) is 13.6. The molecule has 0 aliphatic carbocycles. The lowest BCUT2D eigenvalue weighted by molar-refractivity contribution is 0.0824. The van der Waals surface area contributed by atoms with Gasteiger partial charge in [-0.1, -0.05) is 32.0 Å². The van der Waals surface area contributed by atoms with E-state index in [1.54, 1.807) is 26.2 Å². The first-order chi connectivity index (χ1) is 15.0. The number of halogens is 1. The van der Waals surface area contributed by atoms with Gasteiger partial charge in [-0.05, 0) is 35.7 Å². The fourth-order valence-electron chi connectivity index (χ4n) is 3.18. The van der Waals surface area contributed by atoms with Crippen molar-refractivity contribution in [2.75, 3.05) is 19.4 Å². The van der Waals surface area contributed by atoms with Gasteiger partial charge in [0.05, 0.1) is 17.3 Å². The van der Waals surface area contributed by atoms with Crippen molar-refractivity contribution in [3.05, 3.63) is 59.4 Å². The molecule has 1 amide bonds. The van der Waals surface area contributed by atoms with E-state index in [1.807, 2.05) is 13.8 Å². The second kappa shape index (κ2) is 8.95. The Morgan fingerprint density at radius 2 is 1.75 bits per heavy atom. The Morgan fingerprint density at radius 3 is 2.38 bits per heavy atom. The van der Waals surface area contributed by atoms with Gasteiger partial charge in [-0.25, -0.2) is 4.39 Å². The van der Waals surface area contributed by atoms with Crippen LogP contribution < -0.4 is 10.6 Å². The van der Waals surface area contributed by atoms with E-state index in [0.717, 1.165) is 0 Å². The lowest BCUT2D eigenvalue weighted by Gasteiger charge is -2.24. The van der Waals surface area contributed by atoms with Crippen LogP contribution in [0.2, 0.25) is 0 Å². The molecule has 32 heavy (non-hydrogen) atoms. The molecular formula is C21H24FN5O4S. The summed E-state index contributed by atoms with van der Waals surface area (Å²) in [5.41, 5.74) is 0.718. The molecule has 0 fully saturated rings. The topological polar surface area (TPSA) is 123 Å². The molecule has 0 bridgehead atoms. The van der Waals surface area contributed by atoms with Crippen molar-refractivity contribution in [1.82, 2.24) is 10.2 Å². The van der Waals surface area contributed by atoms with E-state index in [0.29, 0.717) is 5.56 Å². The van der Waals surface area contributed by atoms with Gasteiger partial charge in [0.15, 0.2) is 17.4 Å². The minimum Gasteiger partial charge on any atom is -0.505 e. The van der Waals surface area contributed by atoms with E-state index >= 15 is 0 Å². The summed E-state index contributed by atoms with van der Waals surface area (Å²) < 4.78 is 45.2. The van der Waals surface area contributed by atoms with Crippen molar-refractivity contribution < 1.29 is 22.7 Å². The number of nitrogens with zero attached hydrogens (tertiary/aromatic N) is 3. The van der Waals surface area contributed by atoms with E-state index in [4.69, 9.17) is 0 Å². The fraction of sp³-hybridized carbons (Fsp3) is 0.286. The Bertz CT molecular complexity index is 1210. The van der Waals surface area contributed by atoms with Crippen LogP contribution in [0.4, 0.5) is 10.1 Å². The molecule has 1 aliphatic rings. The van der Waals surface area contributed by atoms with Gasteiger partial charge in [0.25, 0.3) is 5.91 Å². The Kier molecular flexibility index (Phi) is 6.49. The Labute approximate surface area is 185 Å². The van der Waals surface area contributed by atoms with Crippen molar-refractivity contribution in [3.8, 4) is 5.75 Å². The molecule has 1 aliphatic heterocycles. The number of carbonyl (C=O) groups excluding carboxylic acids is 1. The summed E-state index contributed by atoms with van der Waals surface area (Å²) in [5, 5.41) is 16.3. The SMILES string of the molecule is CC(C)[C@@H](NC1=NS(=O)(=O)N=C1Nc1cccc(C(=O)N(C)C)c1O)c1cccc(F)c1. The molecule has 0 saturated heterocycles. The summed E-state index contributed by atoms with van der Waals surface area (Å²) >= 11 is 0. The van der Waals surface area contributed by atoms with Crippen LogP contribution in [0.3, 0.4) is 0 Å². The second-order valence-electron chi connectivity index (χ2n) is 7.77. The highest BCUT2D eigenvalue weighted by molar-refractivity contribution is 7.89. The molecule has 0 spiro atoms. The number of rotatable bonds is 5. The predicted molar refractivity (Wildman–Crippen MR) is 121 cm³/mol. The van der Waals surface area contributed by atoms with Crippen LogP contribution >= 0.6 is 0 Å². The van der Waals surface area contributed by atoms with Crippen LogP contribution in [0.5, 0.6) is 5.75 Å². The van der Waals surface area contributed by atoms with Crippen LogP contribution in [-0.4, -0.2) is 50.1 Å². The van der Waals surface area contributed by atoms with E-state index in [9.17, 15) is 22.7 Å². The molecule has 0 radical (unpaired) electrons. The van der Waals surface area contributed by atoms with Gasteiger partial charge in [-0.15, -0.1) is 8.80 Å². The summed E-state index contributed by atoms with van der Waals surface area (Å²) in [7, 11) is -1.07. The van der Waals surface area contributed by atoms with Gasteiger partial charge in [0.2, 0.25) is 0 Å². The number of hydrogen-bond acceptors (Lipinski definition) is 6. The highest BCUT2D eigenvalue weighted by Gasteiger charge is 2.29. The maximum absolute atomic E-state index is 13.7. The molecule has 0 unspecified atom stereocenters. The zero-order valence-electron chi connectivity index (χ0n) is 18.0. The molecule has 2 aromatic rings. The average molecular weight is 462 g/mol. The van der Waals surface area contributed by atoms with Gasteiger partial charge in [-0.2, -0.15) is 8.42 Å². The summed E-state index contributed by atoms with van der Waals surface area (Å²) in [5.74, 6) is -1.50. The predicted octanol–water partition coefficient (Wildman–Crippen LogP) is 2.69. The van der Waals surface area contributed by atoms with Crippen LogP contribution in [0.25, 0.3) is 0 Å². The van der Waals surface area contributed by atoms with Gasteiger partial charge < -0.3 is 20.6 Å². The number of phenols is 1. The van der Waals surface area contributed by atoms with Gasteiger partial charge >= 0.3 is 10.2 Å².